The number of ether oxygens (including phenoxy) is 3. The predicted octanol–water partition coefficient (Wildman–Crippen LogP) is 1.29. The van der Waals surface area contributed by atoms with Crippen molar-refractivity contribution in [3.8, 4) is 11.5 Å². The van der Waals surface area contributed by atoms with E-state index in [0.717, 1.165) is 5.56 Å². The summed E-state index contributed by atoms with van der Waals surface area (Å²) in [6.45, 7) is -0.0258. The molecular formula is C16H21N3O4. The second-order valence-corrected chi connectivity index (χ2v) is 4.98. The Balaban J connectivity index is 2.44. The van der Waals surface area contributed by atoms with Gasteiger partial charge in [0.05, 0.1) is 14.2 Å². The first-order valence-corrected chi connectivity index (χ1v) is 7.07. The minimum absolute atomic E-state index is 0.0258. The molecule has 0 fully saturated rings. The Morgan fingerprint density at radius 3 is 2.35 bits per heavy atom. The van der Waals surface area contributed by atoms with Crippen molar-refractivity contribution >= 4 is 5.91 Å². The van der Waals surface area contributed by atoms with Gasteiger partial charge in [-0.15, -0.1) is 0 Å². The van der Waals surface area contributed by atoms with Crippen molar-refractivity contribution in [1.82, 2.24) is 14.9 Å². The molecule has 1 aromatic carbocycles. The minimum Gasteiger partial charge on any atom is -0.497 e. The summed E-state index contributed by atoms with van der Waals surface area (Å²) in [5.74, 6) is 1.74. The molecule has 7 nitrogen and oxygen atoms in total. The molecule has 0 radical (unpaired) electrons. The van der Waals surface area contributed by atoms with E-state index in [1.54, 1.807) is 26.5 Å². The van der Waals surface area contributed by atoms with Gasteiger partial charge in [0.15, 0.2) is 0 Å². The highest BCUT2D eigenvalue weighted by Crippen LogP contribution is 2.29. The van der Waals surface area contributed by atoms with Gasteiger partial charge in [-0.3, -0.25) is 4.79 Å². The fourth-order valence-corrected chi connectivity index (χ4v) is 2.28. The van der Waals surface area contributed by atoms with Gasteiger partial charge < -0.3 is 24.1 Å². The predicted molar refractivity (Wildman–Crippen MR) is 84.6 cm³/mol. The molecule has 0 spiro atoms. The van der Waals surface area contributed by atoms with Crippen LogP contribution in [0, 0.1) is 0 Å². The van der Waals surface area contributed by atoms with Crippen molar-refractivity contribution in [2.45, 2.75) is 6.04 Å². The number of benzene rings is 1. The van der Waals surface area contributed by atoms with E-state index in [0.29, 0.717) is 17.3 Å². The number of methoxy groups -OCH3 is 3. The lowest BCUT2D eigenvalue weighted by Gasteiger charge is -2.20. The van der Waals surface area contributed by atoms with Gasteiger partial charge in [0.1, 0.15) is 30.0 Å². The van der Waals surface area contributed by atoms with Crippen LogP contribution in [0.15, 0.2) is 30.6 Å². The van der Waals surface area contributed by atoms with Crippen LogP contribution < -0.4 is 14.8 Å². The Labute approximate surface area is 135 Å². The van der Waals surface area contributed by atoms with E-state index < -0.39 is 6.04 Å². The molecule has 0 bridgehead atoms. The first-order valence-electron chi connectivity index (χ1n) is 7.07. The zero-order valence-corrected chi connectivity index (χ0v) is 13.7. The maximum Gasteiger partial charge on any atom is 0.246 e. The first-order chi connectivity index (χ1) is 11.1. The summed E-state index contributed by atoms with van der Waals surface area (Å²) in [7, 11) is 6.51. The number of imidazole rings is 1. The Morgan fingerprint density at radius 1 is 1.22 bits per heavy atom. The van der Waals surface area contributed by atoms with Crippen LogP contribution in [0.3, 0.4) is 0 Å². The molecule has 2 rings (SSSR count). The number of hydrogen-bond acceptors (Lipinski definition) is 5. The molecule has 1 heterocycles. The SMILES string of the molecule is COCC(=O)NC(c1cc(OC)cc(OC)c1)c1nccn1C. The van der Waals surface area contributed by atoms with Gasteiger partial charge in [0, 0.05) is 32.6 Å². The van der Waals surface area contributed by atoms with Crippen LogP contribution in [-0.2, 0) is 16.6 Å². The lowest BCUT2D eigenvalue weighted by atomic mass is 10.0. The van der Waals surface area contributed by atoms with Gasteiger partial charge in [-0.1, -0.05) is 0 Å². The molecule has 0 aliphatic rings. The fourth-order valence-electron chi connectivity index (χ4n) is 2.28. The molecule has 7 heteroatoms. The first kappa shape index (κ1) is 16.8. The summed E-state index contributed by atoms with van der Waals surface area (Å²) in [5, 5.41) is 2.92. The zero-order valence-electron chi connectivity index (χ0n) is 13.7. The summed E-state index contributed by atoms with van der Waals surface area (Å²) in [5.41, 5.74) is 0.806. The van der Waals surface area contributed by atoms with E-state index in [4.69, 9.17) is 14.2 Å². The summed E-state index contributed by atoms with van der Waals surface area (Å²) in [6.07, 6.45) is 3.50. The molecule has 23 heavy (non-hydrogen) atoms. The van der Waals surface area contributed by atoms with Crippen molar-refractivity contribution in [2.24, 2.45) is 7.05 Å². The number of carbonyl (C=O) groups is 1. The van der Waals surface area contributed by atoms with Crippen LogP contribution in [0.2, 0.25) is 0 Å². The second kappa shape index (κ2) is 7.64. The third-order valence-corrected chi connectivity index (χ3v) is 3.40. The highest BCUT2D eigenvalue weighted by molar-refractivity contribution is 5.78. The molecule has 0 saturated heterocycles. The fraction of sp³-hybridized carbons (Fsp3) is 0.375. The average Bonchev–Trinajstić information content (AvgIpc) is 2.98. The highest BCUT2D eigenvalue weighted by Gasteiger charge is 2.22. The highest BCUT2D eigenvalue weighted by atomic mass is 16.5. The maximum atomic E-state index is 12.0. The number of carbonyl (C=O) groups excluding carboxylic acids is 1. The lowest BCUT2D eigenvalue weighted by molar-refractivity contribution is -0.125. The number of nitrogens with one attached hydrogen (secondary N) is 1. The minimum atomic E-state index is -0.443. The number of aromatic nitrogens is 2. The molecule has 1 atom stereocenters. The van der Waals surface area contributed by atoms with E-state index in [2.05, 4.69) is 10.3 Å². The van der Waals surface area contributed by atoms with Crippen molar-refractivity contribution in [2.75, 3.05) is 27.9 Å². The van der Waals surface area contributed by atoms with E-state index in [-0.39, 0.29) is 12.5 Å². The van der Waals surface area contributed by atoms with E-state index >= 15 is 0 Å². The van der Waals surface area contributed by atoms with E-state index in [1.807, 2.05) is 29.9 Å². The zero-order chi connectivity index (χ0) is 16.8. The quantitative estimate of drug-likeness (QED) is 0.832. The number of amides is 1. The molecule has 1 N–H and O–H groups in total. The Morgan fingerprint density at radius 2 is 1.87 bits per heavy atom. The largest absolute Gasteiger partial charge is 0.497 e. The van der Waals surface area contributed by atoms with Crippen LogP contribution >= 0.6 is 0 Å². The van der Waals surface area contributed by atoms with Crippen LogP contribution in [-0.4, -0.2) is 43.4 Å². The molecule has 1 aromatic heterocycles. The smallest absolute Gasteiger partial charge is 0.246 e. The average molecular weight is 319 g/mol. The molecule has 124 valence electrons. The van der Waals surface area contributed by atoms with Gasteiger partial charge in [-0.05, 0) is 17.7 Å². The topological polar surface area (TPSA) is 74.6 Å². The third-order valence-electron chi connectivity index (χ3n) is 3.40. The van der Waals surface area contributed by atoms with Crippen LogP contribution in [0.1, 0.15) is 17.4 Å². The monoisotopic (exact) mass is 319 g/mol. The van der Waals surface area contributed by atoms with Gasteiger partial charge in [0.25, 0.3) is 0 Å². The Kier molecular flexibility index (Phi) is 5.59. The molecule has 0 saturated carbocycles. The number of nitrogens with zero attached hydrogens (tertiary/aromatic N) is 2. The van der Waals surface area contributed by atoms with Crippen molar-refractivity contribution in [1.29, 1.82) is 0 Å². The maximum absolute atomic E-state index is 12.0. The van der Waals surface area contributed by atoms with Crippen LogP contribution in [0.4, 0.5) is 0 Å². The summed E-state index contributed by atoms with van der Waals surface area (Å²) >= 11 is 0. The molecule has 1 amide bonds. The van der Waals surface area contributed by atoms with Gasteiger partial charge in [-0.25, -0.2) is 4.98 Å². The normalized spacial score (nSPS) is 11.8. The Hall–Kier alpha value is -2.54. The van der Waals surface area contributed by atoms with Crippen molar-refractivity contribution in [3.05, 3.63) is 42.0 Å². The molecule has 0 aliphatic carbocycles. The van der Waals surface area contributed by atoms with Crippen molar-refractivity contribution < 1.29 is 19.0 Å². The molecular weight excluding hydrogens is 298 g/mol. The lowest BCUT2D eigenvalue weighted by Crippen LogP contribution is -2.33. The molecule has 1 unspecified atom stereocenters. The standard InChI is InChI=1S/C16H21N3O4/c1-19-6-5-17-16(19)15(18-14(20)10-21-2)11-7-12(22-3)9-13(8-11)23-4/h5-9,15H,10H2,1-4H3,(H,18,20). The number of aryl methyl sites for hydroxylation is 1. The third kappa shape index (κ3) is 4.01. The van der Waals surface area contributed by atoms with Crippen LogP contribution in [0.25, 0.3) is 0 Å². The molecule has 0 aliphatic heterocycles. The summed E-state index contributed by atoms with van der Waals surface area (Å²) in [6, 6.07) is 5.02. The molecule has 2 aromatic rings. The summed E-state index contributed by atoms with van der Waals surface area (Å²) in [4.78, 5) is 16.3. The number of rotatable bonds is 7. The van der Waals surface area contributed by atoms with E-state index in [1.165, 1.54) is 7.11 Å². The van der Waals surface area contributed by atoms with E-state index in [9.17, 15) is 4.79 Å². The number of hydrogen-bond donors (Lipinski definition) is 1. The van der Waals surface area contributed by atoms with Crippen LogP contribution in [0.5, 0.6) is 11.5 Å². The summed E-state index contributed by atoms with van der Waals surface area (Å²) < 4.78 is 17.3. The van der Waals surface area contributed by atoms with Gasteiger partial charge >= 0.3 is 0 Å². The van der Waals surface area contributed by atoms with Gasteiger partial charge in [0.2, 0.25) is 5.91 Å². The second-order valence-electron chi connectivity index (χ2n) is 4.98. The van der Waals surface area contributed by atoms with Gasteiger partial charge in [-0.2, -0.15) is 0 Å². The Bertz CT molecular complexity index is 647. The van der Waals surface area contributed by atoms with Crippen molar-refractivity contribution in [3.63, 3.8) is 0 Å².